The fourth-order valence-electron chi connectivity index (χ4n) is 0.668. The van der Waals surface area contributed by atoms with Gasteiger partial charge in [0, 0.05) is 6.07 Å². The molecule has 0 aliphatic rings. The van der Waals surface area contributed by atoms with Gasteiger partial charge in [0.15, 0.2) is 0 Å². The van der Waals surface area contributed by atoms with Gasteiger partial charge in [-0.05, 0) is 13.0 Å². The van der Waals surface area contributed by atoms with Crippen LogP contribution in [0.1, 0.15) is 6.92 Å². The van der Waals surface area contributed by atoms with Crippen LogP contribution in [-0.4, -0.2) is 6.61 Å². The Morgan fingerprint density at radius 1 is 1.70 bits per heavy atom. The number of halogens is 1. The predicted molar refractivity (Wildman–Crippen MR) is 41.5 cm³/mol. The van der Waals surface area contributed by atoms with Crippen molar-refractivity contribution in [2.75, 3.05) is 6.61 Å². The van der Waals surface area contributed by atoms with Gasteiger partial charge in [-0.1, -0.05) is 23.7 Å². The molecule has 0 unspecified atom stereocenters. The van der Waals surface area contributed by atoms with E-state index >= 15 is 0 Å². The summed E-state index contributed by atoms with van der Waals surface area (Å²) < 4.78 is 5.17. The van der Waals surface area contributed by atoms with Crippen LogP contribution in [0.2, 0.25) is 5.02 Å². The molecule has 0 fully saturated rings. The summed E-state index contributed by atoms with van der Waals surface area (Å²) in [6.45, 7) is 2.56. The highest BCUT2D eigenvalue weighted by molar-refractivity contribution is 6.31. The second-order valence-electron chi connectivity index (χ2n) is 1.78. The average Bonchev–Trinajstić information content (AvgIpc) is 1.94. The van der Waals surface area contributed by atoms with Gasteiger partial charge in [0.1, 0.15) is 5.75 Å². The van der Waals surface area contributed by atoms with Gasteiger partial charge in [-0.2, -0.15) is 0 Å². The lowest BCUT2D eigenvalue weighted by atomic mass is 10.3. The van der Waals surface area contributed by atoms with E-state index in [4.69, 9.17) is 16.3 Å². The first-order valence-corrected chi connectivity index (χ1v) is 3.51. The Kier molecular flexibility index (Phi) is 2.57. The number of ether oxygens (including phenoxy) is 1. The highest BCUT2D eigenvalue weighted by Gasteiger charge is 1.96. The Morgan fingerprint density at radius 3 is 3.10 bits per heavy atom. The van der Waals surface area contributed by atoms with Crippen molar-refractivity contribution in [2.24, 2.45) is 0 Å². The molecule has 2 heteroatoms. The van der Waals surface area contributed by atoms with Gasteiger partial charge in [0.05, 0.1) is 11.6 Å². The molecule has 0 bridgehead atoms. The van der Waals surface area contributed by atoms with Gasteiger partial charge >= 0.3 is 0 Å². The van der Waals surface area contributed by atoms with Crippen molar-refractivity contribution in [2.45, 2.75) is 6.92 Å². The van der Waals surface area contributed by atoms with Crippen LogP contribution in [0.25, 0.3) is 0 Å². The standard InChI is InChI=1S/C8H8ClO/c1-2-10-8-6-4-3-5-7(8)9/h3-4,6H,2H2,1H3. The zero-order valence-corrected chi connectivity index (χ0v) is 6.48. The highest BCUT2D eigenvalue weighted by Crippen LogP contribution is 2.21. The second kappa shape index (κ2) is 3.47. The van der Waals surface area contributed by atoms with E-state index in [0.29, 0.717) is 17.4 Å². The fourth-order valence-corrected chi connectivity index (χ4v) is 0.849. The molecule has 1 rings (SSSR count). The summed E-state index contributed by atoms with van der Waals surface area (Å²) >= 11 is 5.72. The van der Waals surface area contributed by atoms with E-state index in [-0.39, 0.29) is 0 Å². The first-order chi connectivity index (χ1) is 4.84. The molecule has 1 aromatic rings. The smallest absolute Gasteiger partial charge is 0.138 e. The molecular weight excluding hydrogens is 148 g/mol. The number of hydrogen-bond donors (Lipinski definition) is 0. The quantitative estimate of drug-likeness (QED) is 0.638. The third-order valence-electron chi connectivity index (χ3n) is 1.07. The molecule has 0 aromatic heterocycles. The minimum absolute atomic E-state index is 0.546. The Balaban J connectivity index is 2.81. The Hall–Kier alpha value is -0.690. The molecule has 0 heterocycles. The molecule has 0 aliphatic carbocycles. The molecule has 0 saturated heterocycles. The molecule has 0 aliphatic heterocycles. The van der Waals surface area contributed by atoms with E-state index in [9.17, 15) is 0 Å². The summed E-state index contributed by atoms with van der Waals surface area (Å²) in [6, 6.07) is 8.25. The third kappa shape index (κ3) is 1.64. The molecule has 0 spiro atoms. The minimum atomic E-state index is 0.546. The summed E-state index contributed by atoms with van der Waals surface area (Å²) in [5.74, 6) is 0.701. The Morgan fingerprint density at radius 2 is 2.50 bits per heavy atom. The first-order valence-electron chi connectivity index (χ1n) is 3.13. The van der Waals surface area contributed by atoms with Crippen LogP contribution < -0.4 is 4.74 Å². The predicted octanol–water partition coefficient (Wildman–Crippen LogP) is 2.54. The summed E-state index contributed by atoms with van der Waals surface area (Å²) in [7, 11) is 0. The Labute approximate surface area is 65.6 Å². The Bertz CT molecular complexity index is 210. The van der Waals surface area contributed by atoms with E-state index in [2.05, 4.69) is 6.07 Å². The second-order valence-corrected chi connectivity index (χ2v) is 2.16. The van der Waals surface area contributed by atoms with Gasteiger partial charge < -0.3 is 4.74 Å². The van der Waals surface area contributed by atoms with E-state index in [0.717, 1.165) is 0 Å². The SMILES string of the molecule is CCOc1ccc[c]c1Cl. The number of benzene rings is 1. The highest BCUT2D eigenvalue weighted by atomic mass is 35.5. The van der Waals surface area contributed by atoms with E-state index in [1.54, 1.807) is 6.07 Å². The fraction of sp³-hybridized carbons (Fsp3) is 0.250. The summed E-state index contributed by atoms with van der Waals surface area (Å²) in [5, 5.41) is 0.546. The van der Waals surface area contributed by atoms with Crippen molar-refractivity contribution >= 4 is 11.6 Å². The maximum atomic E-state index is 5.72. The van der Waals surface area contributed by atoms with Gasteiger partial charge in [-0.15, -0.1) is 0 Å². The zero-order chi connectivity index (χ0) is 7.40. The summed E-state index contributed by atoms with van der Waals surface area (Å²) in [5.41, 5.74) is 0. The van der Waals surface area contributed by atoms with Gasteiger partial charge in [0.2, 0.25) is 0 Å². The van der Waals surface area contributed by atoms with Crippen LogP contribution in [0.15, 0.2) is 18.2 Å². The molecule has 1 radical (unpaired) electrons. The molecular formula is C8H8ClO. The van der Waals surface area contributed by atoms with E-state index < -0.39 is 0 Å². The van der Waals surface area contributed by atoms with Crippen molar-refractivity contribution in [3.05, 3.63) is 29.3 Å². The van der Waals surface area contributed by atoms with Crippen LogP contribution in [0, 0.1) is 6.07 Å². The molecule has 53 valence electrons. The lowest BCUT2D eigenvalue weighted by Crippen LogP contribution is -1.91. The van der Waals surface area contributed by atoms with Crippen molar-refractivity contribution < 1.29 is 4.74 Å². The van der Waals surface area contributed by atoms with E-state index in [1.165, 1.54) is 0 Å². The zero-order valence-electron chi connectivity index (χ0n) is 5.73. The minimum Gasteiger partial charge on any atom is -0.492 e. The maximum absolute atomic E-state index is 5.72. The normalized spacial score (nSPS) is 9.40. The van der Waals surface area contributed by atoms with Crippen molar-refractivity contribution in [3.8, 4) is 5.75 Å². The topological polar surface area (TPSA) is 9.23 Å². The monoisotopic (exact) mass is 155 g/mol. The number of rotatable bonds is 2. The van der Waals surface area contributed by atoms with Crippen LogP contribution in [0.3, 0.4) is 0 Å². The van der Waals surface area contributed by atoms with Crippen molar-refractivity contribution in [1.29, 1.82) is 0 Å². The molecule has 0 saturated carbocycles. The molecule has 1 nitrogen and oxygen atoms in total. The lowest BCUT2D eigenvalue weighted by Gasteiger charge is -2.02. The van der Waals surface area contributed by atoms with Crippen molar-refractivity contribution in [3.63, 3.8) is 0 Å². The van der Waals surface area contributed by atoms with Gasteiger partial charge in [-0.3, -0.25) is 0 Å². The average molecular weight is 156 g/mol. The van der Waals surface area contributed by atoms with Crippen LogP contribution in [0.5, 0.6) is 5.75 Å². The molecule has 1 aromatic carbocycles. The third-order valence-corrected chi connectivity index (χ3v) is 1.37. The van der Waals surface area contributed by atoms with Crippen molar-refractivity contribution in [1.82, 2.24) is 0 Å². The summed E-state index contributed by atoms with van der Waals surface area (Å²) in [4.78, 5) is 0. The molecule has 0 amide bonds. The number of hydrogen-bond acceptors (Lipinski definition) is 1. The van der Waals surface area contributed by atoms with Crippen LogP contribution >= 0.6 is 11.6 Å². The van der Waals surface area contributed by atoms with Crippen LogP contribution in [-0.2, 0) is 0 Å². The molecule has 0 atom stereocenters. The van der Waals surface area contributed by atoms with Gasteiger partial charge in [-0.25, -0.2) is 0 Å². The summed E-state index contributed by atoms with van der Waals surface area (Å²) in [6.07, 6.45) is 0. The van der Waals surface area contributed by atoms with E-state index in [1.807, 2.05) is 19.1 Å². The first kappa shape index (κ1) is 7.42. The maximum Gasteiger partial charge on any atom is 0.138 e. The van der Waals surface area contributed by atoms with Crippen LogP contribution in [0.4, 0.5) is 0 Å². The molecule has 0 N–H and O–H groups in total. The molecule has 10 heavy (non-hydrogen) atoms. The lowest BCUT2D eigenvalue weighted by molar-refractivity contribution is 0.340. The largest absolute Gasteiger partial charge is 0.492 e. The van der Waals surface area contributed by atoms with Gasteiger partial charge in [0.25, 0.3) is 0 Å².